The Hall–Kier alpha value is -2.67. The second kappa shape index (κ2) is 7.55. The average Bonchev–Trinajstić information content (AvgIpc) is 2.45. The van der Waals surface area contributed by atoms with Crippen molar-refractivity contribution in [1.29, 1.82) is 0 Å². The highest BCUT2D eigenvalue weighted by Crippen LogP contribution is 2.23. The van der Waals surface area contributed by atoms with E-state index in [1.165, 1.54) is 18.3 Å². The number of rotatable bonds is 5. The van der Waals surface area contributed by atoms with Crippen molar-refractivity contribution < 1.29 is 13.5 Å². The van der Waals surface area contributed by atoms with Crippen LogP contribution in [0.4, 0.5) is 8.78 Å². The summed E-state index contributed by atoms with van der Waals surface area (Å²) in [5, 5.41) is 7.62. The summed E-state index contributed by atoms with van der Waals surface area (Å²) in [6.45, 7) is -0.0283. The van der Waals surface area contributed by atoms with Crippen LogP contribution in [0.25, 0.3) is 0 Å². The largest absolute Gasteiger partial charge is 0.488 e. The van der Waals surface area contributed by atoms with Gasteiger partial charge in [-0.2, -0.15) is 5.10 Å². The van der Waals surface area contributed by atoms with Crippen LogP contribution in [0.15, 0.2) is 46.6 Å². The van der Waals surface area contributed by atoms with E-state index in [1.807, 2.05) is 0 Å². The number of halogens is 3. The zero-order valence-electron chi connectivity index (χ0n) is 11.8. The fourth-order valence-electron chi connectivity index (χ4n) is 1.76. The van der Waals surface area contributed by atoms with E-state index in [0.29, 0.717) is 21.9 Å². The van der Waals surface area contributed by atoms with Gasteiger partial charge in [0.25, 0.3) is 0 Å². The van der Waals surface area contributed by atoms with Gasteiger partial charge in [-0.25, -0.2) is 8.78 Å². The molecule has 8 heteroatoms. The summed E-state index contributed by atoms with van der Waals surface area (Å²) in [7, 11) is 0. The van der Waals surface area contributed by atoms with E-state index in [9.17, 15) is 8.78 Å². The van der Waals surface area contributed by atoms with Gasteiger partial charge < -0.3 is 16.2 Å². The topological polar surface area (TPSA) is 86.0 Å². The molecule has 0 spiro atoms. The molecule has 23 heavy (non-hydrogen) atoms. The Labute approximate surface area is 136 Å². The molecule has 2 aromatic rings. The third-order valence-electron chi connectivity index (χ3n) is 2.66. The lowest BCUT2D eigenvalue weighted by Gasteiger charge is -2.09. The van der Waals surface area contributed by atoms with E-state index in [4.69, 9.17) is 27.8 Å². The van der Waals surface area contributed by atoms with E-state index >= 15 is 0 Å². The summed E-state index contributed by atoms with van der Waals surface area (Å²) in [5.74, 6) is -1.13. The van der Waals surface area contributed by atoms with Crippen LogP contribution < -0.4 is 16.2 Å². The summed E-state index contributed by atoms with van der Waals surface area (Å²) in [5.41, 5.74) is 11.2. The second-order valence-corrected chi connectivity index (χ2v) is 4.95. The Morgan fingerprint density at radius 3 is 2.48 bits per heavy atom. The summed E-state index contributed by atoms with van der Waals surface area (Å²) in [6.07, 6.45) is 1.35. The maximum atomic E-state index is 13.2. The van der Waals surface area contributed by atoms with Crippen LogP contribution >= 0.6 is 11.6 Å². The number of hydrogen-bond acceptors (Lipinski definition) is 3. The van der Waals surface area contributed by atoms with Crippen molar-refractivity contribution in [2.24, 2.45) is 21.7 Å². The molecule has 0 bridgehead atoms. The highest BCUT2D eigenvalue weighted by molar-refractivity contribution is 6.30. The maximum Gasteiger partial charge on any atom is 0.211 e. The number of guanidine groups is 1. The molecule has 0 aromatic heterocycles. The molecule has 0 atom stereocenters. The molecular formula is C15H13ClF2N4O. The molecule has 0 aliphatic rings. The molecular weight excluding hydrogens is 326 g/mol. The van der Waals surface area contributed by atoms with Gasteiger partial charge in [0.15, 0.2) is 0 Å². The monoisotopic (exact) mass is 338 g/mol. The van der Waals surface area contributed by atoms with Crippen molar-refractivity contribution in [3.8, 4) is 5.75 Å². The van der Waals surface area contributed by atoms with E-state index in [2.05, 4.69) is 10.2 Å². The van der Waals surface area contributed by atoms with Crippen LogP contribution in [0.3, 0.4) is 0 Å². The van der Waals surface area contributed by atoms with Gasteiger partial charge in [0.05, 0.1) is 6.21 Å². The number of nitrogens with two attached hydrogens (primary N) is 2. The Morgan fingerprint density at radius 2 is 1.83 bits per heavy atom. The first-order valence-electron chi connectivity index (χ1n) is 6.43. The lowest BCUT2D eigenvalue weighted by molar-refractivity contribution is 0.304. The van der Waals surface area contributed by atoms with Crippen LogP contribution in [0.1, 0.15) is 11.1 Å². The van der Waals surface area contributed by atoms with Crippen LogP contribution in [-0.4, -0.2) is 12.2 Å². The molecule has 120 valence electrons. The quantitative estimate of drug-likeness (QED) is 0.499. The summed E-state index contributed by atoms with van der Waals surface area (Å²) < 4.78 is 31.9. The van der Waals surface area contributed by atoms with Crippen LogP contribution in [0.5, 0.6) is 5.75 Å². The average molecular weight is 339 g/mol. The van der Waals surface area contributed by atoms with Crippen molar-refractivity contribution >= 4 is 23.8 Å². The molecule has 0 amide bonds. The minimum Gasteiger partial charge on any atom is -0.488 e. The lowest BCUT2D eigenvalue weighted by Crippen LogP contribution is -2.21. The predicted octanol–water partition coefficient (Wildman–Crippen LogP) is 2.80. The van der Waals surface area contributed by atoms with Gasteiger partial charge in [-0.15, -0.1) is 5.10 Å². The van der Waals surface area contributed by atoms with Crippen LogP contribution in [0, 0.1) is 11.6 Å². The number of hydrogen-bond donors (Lipinski definition) is 2. The van der Waals surface area contributed by atoms with Crippen molar-refractivity contribution in [2.45, 2.75) is 6.61 Å². The minimum atomic E-state index is -0.672. The summed E-state index contributed by atoms with van der Waals surface area (Å²) in [4.78, 5) is 0. The number of nitrogens with zero attached hydrogens (tertiary/aromatic N) is 2. The molecule has 0 aliphatic carbocycles. The first-order valence-corrected chi connectivity index (χ1v) is 6.81. The first kappa shape index (κ1) is 16.7. The molecule has 0 radical (unpaired) electrons. The molecule has 0 saturated heterocycles. The molecule has 2 aromatic carbocycles. The van der Waals surface area contributed by atoms with Gasteiger partial charge in [0.1, 0.15) is 24.0 Å². The molecule has 5 nitrogen and oxygen atoms in total. The van der Waals surface area contributed by atoms with E-state index < -0.39 is 11.6 Å². The fourth-order valence-corrected chi connectivity index (χ4v) is 1.95. The Balaban J connectivity index is 2.18. The second-order valence-electron chi connectivity index (χ2n) is 4.52. The Bertz CT molecular complexity index is 741. The summed E-state index contributed by atoms with van der Waals surface area (Å²) >= 11 is 5.92. The molecule has 0 heterocycles. The Kier molecular flexibility index (Phi) is 5.48. The van der Waals surface area contributed by atoms with E-state index in [0.717, 1.165) is 6.07 Å². The first-order chi connectivity index (χ1) is 10.9. The van der Waals surface area contributed by atoms with Crippen LogP contribution in [-0.2, 0) is 6.61 Å². The highest BCUT2D eigenvalue weighted by atomic mass is 35.5. The van der Waals surface area contributed by atoms with Crippen molar-refractivity contribution in [3.63, 3.8) is 0 Å². The minimum absolute atomic E-state index is 0.0283. The Morgan fingerprint density at radius 1 is 1.13 bits per heavy atom. The summed E-state index contributed by atoms with van der Waals surface area (Å²) in [6, 6.07) is 7.97. The molecule has 0 unspecified atom stereocenters. The molecule has 0 aliphatic heterocycles. The highest BCUT2D eigenvalue weighted by Gasteiger charge is 2.06. The van der Waals surface area contributed by atoms with Gasteiger partial charge in [-0.1, -0.05) is 11.6 Å². The maximum absolute atomic E-state index is 13.2. The number of benzene rings is 2. The molecule has 0 saturated carbocycles. The lowest BCUT2D eigenvalue weighted by atomic mass is 10.2. The molecule has 0 fully saturated rings. The third-order valence-corrected chi connectivity index (χ3v) is 2.89. The van der Waals surface area contributed by atoms with Gasteiger partial charge in [0.2, 0.25) is 5.96 Å². The molecule has 4 N–H and O–H groups in total. The fraction of sp³-hybridized carbons (Fsp3) is 0.0667. The molecule has 2 rings (SSSR count). The zero-order chi connectivity index (χ0) is 16.8. The van der Waals surface area contributed by atoms with E-state index in [1.54, 1.807) is 18.2 Å². The normalized spacial score (nSPS) is 10.7. The predicted molar refractivity (Wildman–Crippen MR) is 85.5 cm³/mol. The number of ether oxygens (including phenoxy) is 1. The van der Waals surface area contributed by atoms with Gasteiger partial charge in [0, 0.05) is 16.7 Å². The SMILES string of the molecule is NC(N)=NN=Cc1cc(Cl)ccc1OCc1cc(F)cc(F)c1. The van der Waals surface area contributed by atoms with Gasteiger partial charge in [-0.05, 0) is 35.9 Å². The zero-order valence-corrected chi connectivity index (χ0v) is 12.6. The van der Waals surface area contributed by atoms with Crippen molar-refractivity contribution in [1.82, 2.24) is 0 Å². The van der Waals surface area contributed by atoms with Crippen LogP contribution in [0.2, 0.25) is 5.02 Å². The smallest absolute Gasteiger partial charge is 0.211 e. The van der Waals surface area contributed by atoms with Gasteiger partial charge >= 0.3 is 0 Å². The van der Waals surface area contributed by atoms with Crippen molar-refractivity contribution in [2.75, 3.05) is 0 Å². The van der Waals surface area contributed by atoms with Gasteiger partial charge in [-0.3, -0.25) is 0 Å². The standard InChI is InChI=1S/C15H13ClF2N4O/c16-11-1-2-14(10(5-11)7-21-22-15(19)20)23-8-9-3-12(17)6-13(18)4-9/h1-7H,8H2,(H4,19,20,22). The van der Waals surface area contributed by atoms with Crippen molar-refractivity contribution in [3.05, 3.63) is 64.2 Å². The third kappa shape index (κ3) is 5.23. The van der Waals surface area contributed by atoms with E-state index in [-0.39, 0.29) is 12.6 Å².